The van der Waals surface area contributed by atoms with Crippen LogP contribution < -0.4 is 10.9 Å². The standard InChI is InChI=1S/C17H15ClN4O2/c1-10-8-20-16(22(10)2)13-7-12(4-5-14(13)18)21-17(24)11-3-6-15(23)19-9-11/h3-9H,1-2H3,(H,19,23)(H,21,24). The van der Waals surface area contributed by atoms with Gasteiger partial charge in [-0.15, -0.1) is 0 Å². The number of carbonyl (C=O) groups excluding carboxylic acids is 1. The first-order valence-electron chi connectivity index (χ1n) is 7.24. The number of hydrogen-bond acceptors (Lipinski definition) is 3. The van der Waals surface area contributed by atoms with Crippen molar-refractivity contribution in [3.05, 3.63) is 69.4 Å². The van der Waals surface area contributed by atoms with Crippen LogP contribution in [-0.4, -0.2) is 20.4 Å². The van der Waals surface area contributed by atoms with Crippen molar-refractivity contribution in [1.29, 1.82) is 0 Å². The molecule has 2 heterocycles. The molecule has 0 aliphatic carbocycles. The number of amides is 1. The number of rotatable bonds is 3. The zero-order valence-electron chi connectivity index (χ0n) is 13.1. The Hall–Kier alpha value is -2.86. The number of imidazole rings is 1. The Balaban J connectivity index is 1.91. The summed E-state index contributed by atoms with van der Waals surface area (Å²) in [5.41, 5.74) is 2.42. The molecule has 24 heavy (non-hydrogen) atoms. The van der Waals surface area contributed by atoms with E-state index in [1.807, 2.05) is 18.5 Å². The number of carbonyl (C=O) groups is 1. The van der Waals surface area contributed by atoms with Gasteiger partial charge in [-0.1, -0.05) is 11.6 Å². The fourth-order valence-corrected chi connectivity index (χ4v) is 2.48. The molecule has 0 aliphatic heterocycles. The maximum Gasteiger partial charge on any atom is 0.257 e. The van der Waals surface area contributed by atoms with Crippen LogP contribution in [0.5, 0.6) is 0 Å². The first-order valence-corrected chi connectivity index (χ1v) is 7.62. The van der Waals surface area contributed by atoms with Crippen molar-refractivity contribution in [3.8, 4) is 11.4 Å². The Bertz CT molecular complexity index is 954. The molecular formula is C17H15ClN4O2. The van der Waals surface area contributed by atoms with Crippen LogP contribution >= 0.6 is 11.6 Å². The van der Waals surface area contributed by atoms with Gasteiger partial charge in [0.05, 0.1) is 10.6 Å². The Morgan fingerprint density at radius 2 is 2.08 bits per heavy atom. The zero-order valence-corrected chi connectivity index (χ0v) is 13.9. The van der Waals surface area contributed by atoms with E-state index < -0.39 is 0 Å². The molecular weight excluding hydrogens is 328 g/mol. The number of anilines is 1. The Kier molecular flexibility index (Phi) is 4.22. The summed E-state index contributed by atoms with van der Waals surface area (Å²) in [5, 5.41) is 3.33. The summed E-state index contributed by atoms with van der Waals surface area (Å²) in [5.74, 6) is 0.396. The molecule has 6 nitrogen and oxygen atoms in total. The second kappa shape index (κ2) is 6.33. The van der Waals surface area contributed by atoms with Gasteiger partial charge in [0.15, 0.2) is 0 Å². The molecule has 3 rings (SSSR count). The normalized spacial score (nSPS) is 10.6. The lowest BCUT2D eigenvalue weighted by Gasteiger charge is -2.10. The van der Waals surface area contributed by atoms with Crippen LogP contribution in [0, 0.1) is 6.92 Å². The number of halogens is 1. The number of hydrogen-bond donors (Lipinski definition) is 2. The average molecular weight is 343 g/mol. The van der Waals surface area contributed by atoms with Gasteiger partial charge in [0.25, 0.3) is 5.91 Å². The number of aryl methyl sites for hydroxylation is 1. The van der Waals surface area contributed by atoms with Gasteiger partial charge in [0.1, 0.15) is 5.82 Å². The van der Waals surface area contributed by atoms with E-state index in [1.165, 1.54) is 18.3 Å². The van der Waals surface area contributed by atoms with Crippen LogP contribution in [0.25, 0.3) is 11.4 Å². The number of aromatic amines is 1. The molecule has 2 aromatic heterocycles. The quantitative estimate of drug-likeness (QED) is 0.768. The molecule has 0 radical (unpaired) electrons. The maximum absolute atomic E-state index is 12.2. The summed E-state index contributed by atoms with van der Waals surface area (Å²) >= 11 is 6.28. The van der Waals surface area contributed by atoms with E-state index in [0.29, 0.717) is 16.3 Å². The number of H-pyrrole nitrogens is 1. The molecule has 122 valence electrons. The minimum absolute atomic E-state index is 0.259. The Labute approximate surface area is 143 Å². The van der Waals surface area contributed by atoms with E-state index >= 15 is 0 Å². The third-order valence-corrected chi connectivity index (χ3v) is 4.06. The van der Waals surface area contributed by atoms with E-state index in [0.717, 1.165) is 17.1 Å². The smallest absolute Gasteiger partial charge is 0.257 e. The summed E-state index contributed by atoms with van der Waals surface area (Å²) in [6.07, 6.45) is 3.13. The molecule has 1 amide bonds. The highest BCUT2D eigenvalue weighted by atomic mass is 35.5. The first-order chi connectivity index (χ1) is 11.5. The van der Waals surface area contributed by atoms with Crippen LogP contribution in [0.1, 0.15) is 16.1 Å². The Morgan fingerprint density at radius 1 is 1.29 bits per heavy atom. The second-order valence-corrected chi connectivity index (χ2v) is 5.78. The lowest BCUT2D eigenvalue weighted by Crippen LogP contribution is -2.14. The van der Waals surface area contributed by atoms with Crippen molar-refractivity contribution in [2.45, 2.75) is 6.92 Å². The van der Waals surface area contributed by atoms with Gasteiger partial charge < -0.3 is 14.9 Å². The zero-order chi connectivity index (χ0) is 17.3. The lowest BCUT2D eigenvalue weighted by atomic mass is 10.1. The number of nitrogens with one attached hydrogen (secondary N) is 2. The molecule has 0 spiro atoms. The van der Waals surface area contributed by atoms with Crippen molar-refractivity contribution < 1.29 is 4.79 Å². The SMILES string of the molecule is Cc1cnc(-c2cc(NC(=O)c3ccc(=O)[nH]c3)ccc2Cl)n1C. The van der Waals surface area contributed by atoms with Gasteiger partial charge in [-0.3, -0.25) is 9.59 Å². The predicted octanol–water partition coefficient (Wildman–Crippen LogP) is 2.99. The third-order valence-electron chi connectivity index (χ3n) is 3.73. The minimum Gasteiger partial charge on any atom is -0.331 e. The molecule has 0 aliphatic rings. The van der Waals surface area contributed by atoms with Crippen molar-refractivity contribution in [3.63, 3.8) is 0 Å². The minimum atomic E-state index is -0.324. The number of pyridine rings is 1. The van der Waals surface area contributed by atoms with E-state index in [9.17, 15) is 9.59 Å². The second-order valence-electron chi connectivity index (χ2n) is 5.37. The van der Waals surface area contributed by atoms with Crippen LogP contribution in [-0.2, 0) is 7.05 Å². The van der Waals surface area contributed by atoms with Gasteiger partial charge in [0, 0.05) is 42.5 Å². The van der Waals surface area contributed by atoms with E-state index in [-0.39, 0.29) is 11.5 Å². The molecule has 3 aromatic rings. The maximum atomic E-state index is 12.2. The molecule has 0 bridgehead atoms. The molecule has 0 atom stereocenters. The highest BCUT2D eigenvalue weighted by molar-refractivity contribution is 6.33. The largest absolute Gasteiger partial charge is 0.331 e. The van der Waals surface area contributed by atoms with Crippen LogP contribution in [0.4, 0.5) is 5.69 Å². The summed E-state index contributed by atoms with van der Waals surface area (Å²) < 4.78 is 1.93. The third kappa shape index (κ3) is 3.09. The topological polar surface area (TPSA) is 79.8 Å². The number of aromatic nitrogens is 3. The van der Waals surface area contributed by atoms with Gasteiger partial charge in [-0.2, -0.15) is 0 Å². The first kappa shape index (κ1) is 16.0. The highest BCUT2D eigenvalue weighted by Gasteiger charge is 2.13. The predicted molar refractivity (Wildman–Crippen MR) is 93.4 cm³/mol. The molecule has 0 unspecified atom stereocenters. The van der Waals surface area contributed by atoms with E-state index in [4.69, 9.17) is 11.6 Å². The fraction of sp³-hybridized carbons (Fsp3) is 0.118. The van der Waals surface area contributed by atoms with Crippen molar-refractivity contribution in [2.75, 3.05) is 5.32 Å². The monoisotopic (exact) mass is 342 g/mol. The molecule has 0 saturated carbocycles. The van der Waals surface area contributed by atoms with Gasteiger partial charge in [-0.05, 0) is 31.2 Å². The number of nitrogens with zero attached hydrogens (tertiary/aromatic N) is 2. The van der Waals surface area contributed by atoms with E-state index in [1.54, 1.807) is 24.4 Å². The summed E-state index contributed by atoms with van der Waals surface area (Å²) in [6, 6.07) is 7.97. The van der Waals surface area contributed by atoms with E-state index in [2.05, 4.69) is 15.3 Å². The van der Waals surface area contributed by atoms with Gasteiger partial charge in [-0.25, -0.2) is 4.98 Å². The lowest BCUT2D eigenvalue weighted by molar-refractivity contribution is 0.102. The average Bonchev–Trinajstić information content (AvgIpc) is 2.89. The Morgan fingerprint density at radius 3 is 2.71 bits per heavy atom. The van der Waals surface area contributed by atoms with Crippen molar-refractivity contribution >= 4 is 23.2 Å². The summed E-state index contributed by atoms with van der Waals surface area (Å²) in [6.45, 7) is 1.95. The number of benzene rings is 1. The van der Waals surface area contributed by atoms with Crippen LogP contribution in [0.2, 0.25) is 5.02 Å². The molecule has 2 N–H and O–H groups in total. The molecule has 1 aromatic carbocycles. The van der Waals surface area contributed by atoms with Crippen molar-refractivity contribution in [1.82, 2.24) is 14.5 Å². The molecule has 0 saturated heterocycles. The highest BCUT2D eigenvalue weighted by Crippen LogP contribution is 2.30. The summed E-state index contributed by atoms with van der Waals surface area (Å²) in [4.78, 5) is 30.1. The van der Waals surface area contributed by atoms with Crippen LogP contribution in [0.3, 0.4) is 0 Å². The molecule has 0 fully saturated rings. The molecule has 7 heteroatoms. The van der Waals surface area contributed by atoms with Crippen molar-refractivity contribution in [2.24, 2.45) is 7.05 Å². The summed E-state index contributed by atoms with van der Waals surface area (Å²) in [7, 11) is 1.90. The van der Waals surface area contributed by atoms with Crippen LogP contribution in [0.15, 0.2) is 47.5 Å². The fourth-order valence-electron chi connectivity index (χ4n) is 2.27. The van der Waals surface area contributed by atoms with Gasteiger partial charge in [0.2, 0.25) is 5.56 Å². The van der Waals surface area contributed by atoms with Gasteiger partial charge >= 0.3 is 0 Å².